The molecule has 32 heteroatoms. The van der Waals surface area contributed by atoms with E-state index in [1.54, 1.807) is 104 Å². The number of hydrogen-bond donors (Lipinski definition) is 2. The molecule has 0 aliphatic carbocycles. The molecule has 0 unspecified atom stereocenters. The molecule has 6 aliphatic rings. The fourth-order valence-corrected chi connectivity index (χ4v) is 23.3. The highest BCUT2D eigenvalue weighted by Crippen LogP contribution is 2.52. The Kier molecular flexibility index (Phi) is 21.7. The number of carbonyl (C=O) groups is 4. The van der Waals surface area contributed by atoms with E-state index in [0.29, 0.717) is 56.0 Å². The zero-order valence-corrected chi connectivity index (χ0v) is 62.3. The van der Waals surface area contributed by atoms with Crippen molar-refractivity contribution in [3.05, 3.63) is 130 Å². The molecule has 9 atom stereocenters. The SMILES string of the molecule is CC(C)(C)OC(=O)CC1=N[C@](C)(c2nc(CC(=O)c3ccc(OCF)cn3)ccc2F)[C@H]2CCN=[S@@]2(=O)C1(C)C.CC(C)(C)OC(=O)CC1=N[C@](C)(c2nc(N)ccc2F)[C@H]2CCN=[S@@]2(=O)C1(C)C.CC1(C)C(N)=N[C@](C)(c2nc(CC(=O)c3ccc(OCF)cn3)ccc2F)[C@H]2CCN=[S@]21=O. The van der Waals surface area contributed by atoms with Crippen molar-refractivity contribution in [2.24, 2.45) is 33.8 Å². The summed E-state index contributed by atoms with van der Waals surface area (Å²) in [7, 11) is -8.70. The van der Waals surface area contributed by atoms with Crippen molar-refractivity contribution in [1.82, 2.24) is 24.9 Å². The number of nitrogens with zero attached hydrogens (tertiary/aromatic N) is 11. The zero-order valence-electron chi connectivity index (χ0n) is 59.8. The summed E-state index contributed by atoms with van der Waals surface area (Å²) in [6.07, 6.45) is 3.15. The molecule has 24 nitrogen and oxygen atoms in total. The fourth-order valence-electron chi connectivity index (χ4n) is 13.6. The number of alkyl halides is 2. The van der Waals surface area contributed by atoms with Crippen LogP contribution in [-0.2, 0) is 77.7 Å². The van der Waals surface area contributed by atoms with Gasteiger partial charge >= 0.3 is 11.9 Å². The molecule has 5 aromatic rings. The van der Waals surface area contributed by atoms with Crippen molar-refractivity contribution in [2.75, 3.05) is 39.1 Å². The molecule has 552 valence electrons. The van der Waals surface area contributed by atoms with Crippen LogP contribution in [0.5, 0.6) is 11.5 Å². The molecule has 5 aromatic heterocycles. The van der Waals surface area contributed by atoms with Gasteiger partial charge in [-0.25, -0.2) is 62.6 Å². The van der Waals surface area contributed by atoms with Crippen LogP contribution in [0.4, 0.5) is 27.8 Å². The second-order valence-corrected chi connectivity index (χ2v) is 38.5. The number of Topliss-reactive ketones (excluding diaryl/α,β-unsaturated/α-hetero) is 2. The molecule has 0 fully saturated rings. The molecule has 11 heterocycles. The molecule has 6 aliphatic heterocycles. The number of hydrogen-bond acceptors (Lipinski definition) is 24. The Hall–Kier alpha value is -8.26. The lowest BCUT2D eigenvalue weighted by molar-refractivity contribution is -0.154. The normalized spacial score (nSPS) is 27.8. The first-order valence-corrected chi connectivity index (χ1v) is 37.8. The number of nitrogens with two attached hydrogens (primary N) is 2. The summed E-state index contributed by atoms with van der Waals surface area (Å²) in [5, 5.41) is -1.75. The highest BCUT2D eigenvalue weighted by molar-refractivity contribution is 7.97. The van der Waals surface area contributed by atoms with Gasteiger partial charge in [0.25, 0.3) is 0 Å². The first-order valence-electron chi connectivity index (χ1n) is 33.1. The van der Waals surface area contributed by atoms with E-state index < -0.39 is 130 Å². The molecule has 0 radical (unpaired) electrons. The quantitative estimate of drug-likeness (QED) is 0.0496. The number of aromatic nitrogens is 5. The number of ether oxygens (including phenoxy) is 4. The molecule has 0 spiro atoms. The van der Waals surface area contributed by atoms with Gasteiger partial charge in [0.1, 0.15) is 102 Å². The number of nitrogen functional groups attached to an aromatic ring is 1. The maximum absolute atomic E-state index is 15.5. The molecule has 0 aromatic carbocycles. The van der Waals surface area contributed by atoms with Crippen LogP contribution in [0.3, 0.4) is 0 Å². The number of ketones is 2. The molecule has 0 amide bonds. The average Bonchev–Trinajstić information content (AvgIpc) is 1.39. The first-order chi connectivity index (χ1) is 47.3. The molecule has 4 N–H and O–H groups in total. The van der Waals surface area contributed by atoms with Crippen molar-refractivity contribution >= 4 is 75.8 Å². The molecule has 11 rings (SSSR count). The lowest BCUT2D eigenvalue weighted by atomic mass is 9.88. The third-order valence-electron chi connectivity index (χ3n) is 19.1. The molecule has 0 saturated heterocycles. The Labute approximate surface area is 591 Å². The van der Waals surface area contributed by atoms with Gasteiger partial charge in [-0.2, -0.15) is 0 Å². The third-order valence-corrected chi connectivity index (χ3v) is 30.3. The van der Waals surface area contributed by atoms with Crippen molar-refractivity contribution < 1.29 is 72.7 Å². The standard InChI is InChI=1S/C28H34F2N4O5S.C22H25F2N5O3S.C20H29FN4O3S/c1-26(2,3)39-24(36)14-22-27(4,5)40(37)23(11-12-32-40)28(6,34-22)25-19(30)9-7-17(33-25)13-21(35)20-10-8-18(15-31-20)38-16-29;1-21(2)20(25)29-22(3,18-8-9-27-33(18,21)31)19-15(24)6-4-13(28-19)10-17(30)16-7-5-14(11-26-16)32-12-23;1-18(2,3)28-16(26)11-13-19(4,5)29(27)14(9-10-23-29)20(6,25-13)17-12(21)7-8-15(22)24-17/h7-10,15,23H,11-14,16H2,1-6H3;4-7,11,18H,8-10,12H2,1-3H3,(H2,25,29);7-8,14H,9-11H2,1-6H3,(H2,22,24)/t23-,28+,40+;18-,22+,33+;14-,20+,29+/m111/s1. The lowest BCUT2D eigenvalue weighted by Crippen LogP contribution is -2.58. The number of aliphatic imine (C=N–C) groups is 3. The minimum absolute atomic E-state index is 0.0132. The van der Waals surface area contributed by atoms with Gasteiger partial charge in [-0.1, -0.05) is 0 Å². The van der Waals surface area contributed by atoms with E-state index in [1.165, 1.54) is 73.1 Å². The smallest absolute Gasteiger partial charge is 0.312 e. The summed E-state index contributed by atoms with van der Waals surface area (Å²) in [4.78, 5) is 86.4. The second kappa shape index (κ2) is 28.4. The maximum atomic E-state index is 15.5. The van der Waals surface area contributed by atoms with Gasteiger partial charge in [-0.3, -0.25) is 44.1 Å². The van der Waals surface area contributed by atoms with Crippen LogP contribution in [0.25, 0.3) is 0 Å². The largest absolute Gasteiger partial charge is 0.461 e. The Balaban J connectivity index is 0.000000180. The van der Waals surface area contributed by atoms with Gasteiger partial charge in [0.2, 0.25) is 13.7 Å². The van der Waals surface area contributed by atoms with Crippen molar-refractivity contribution in [3.63, 3.8) is 0 Å². The second-order valence-electron chi connectivity index (χ2n) is 29.5. The monoisotopic (exact) mass is 1480 g/mol. The summed E-state index contributed by atoms with van der Waals surface area (Å²) in [6.45, 7) is 25.2. The van der Waals surface area contributed by atoms with E-state index >= 15 is 8.78 Å². The predicted molar refractivity (Wildman–Crippen MR) is 378 cm³/mol. The van der Waals surface area contributed by atoms with Crippen molar-refractivity contribution in [2.45, 2.75) is 207 Å². The van der Waals surface area contributed by atoms with Crippen molar-refractivity contribution in [3.8, 4) is 11.5 Å². The molecule has 102 heavy (non-hydrogen) atoms. The van der Waals surface area contributed by atoms with Crippen LogP contribution in [0.1, 0.15) is 185 Å². The zero-order chi connectivity index (χ0) is 75.4. The minimum Gasteiger partial charge on any atom is -0.461 e. The van der Waals surface area contributed by atoms with E-state index in [2.05, 4.69) is 47.7 Å². The van der Waals surface area contributed by atoms with Gasteiger partial charge in [0.05, 0.1) is 92.5 Å². The maximum Gasteiger partial charge on any atom is 0.312 e. The number of carbonyl (C=O) groups excluding carboxylic acids is 4. The minimum atomic E-state index is -3.01. The van der Waals surface area contributed by atoms with Gasteiger partial charge in [0.15, 0.2) is 11.6 Å². The van der Waals surface area contributed by atoms with Crippen LogP contribution in [0.15, 0.2) is 101 Å². The van der Waals surface area contributed by atoms with E-state index in [1.807, 2.05) is 0 Å². The summed E-state index contributed by atoms with van der Waals surface area (Å²) >= 11 is 0. The molecule has 0 bridgehead atoms. The van der Waals surface area contributed by atoms with E-state index in [4.69, 9.17) is 35.7 Å². The number of fused-ring (bicyclic) bond motifs is 3. The van der Waals surface area contributed by atoms with Gasteiger partial charge in [-0.05, 0) is 184 Å². The predicted octanol–water partition coefficient (Wildman–Crippen LogP) is 10.9. The number of amidine groups is 1. The summed E-state index contributed by atoms with van der Waals surface area (Å²) in [5.74, 6) is -2.96. The molecular weight excluding hydrogens is 1390 g/mol. The Morgan fingerprint density at radius 1 is 0.480 bits per heavy atom. The molecular formula is C70H88F5N13O11S3. The molecule has 0 saturated carbocycles. The van der Waals surface area contributed by atoms with E-state index in [0.717, 1.165) is 0 Å². The number of halogens is 5. The van der Waals surface area contributed by atoms with Crippen LogP contribution >= 0.6 is 0 Å². The van der Waals surface area contributed by atoms with Crippen molar-refractivity contribution in [1.29, 1.82) is 0 Å². The number of anilines is 1. The van der Waals surface area contributed by atoms with Gasteiger partial charge in [-0.15, -0.1) is 0 Å². The first kappa shape index (κ1) is 77.9. The van der Waals surface area contributed by atoms with E-state index in [9.17, 15) is 45.0 Å². The third kappa shape index (κ3) is 14.8. The Morgan fingerprint density at radius 3 is 1.17 bits per heavy atom. The number of pyridine rings is 5. The van der Waals surface area contributed by atoms with Crippen LogP contribution < -0.4 is 20.9 Å². The summed E-state index contributed by atoms with van der Waals surface area (Å²) in [5.41, 5.74) is 8.14. The Bertz CT molecular complexity index is 4650. The number of esters is 2. The highest BCUT2D eigenvalue weighted by atomic mass is 32.2. The Morgan fingerprint density at radius 2 is 0.824 bits per heavy atom. The lowest BCUT2D eigenvalue weighted by Gasteiger charge is -2.45. The van der Waals surface area contributed by atoms with Crippen LogP contribution in [-0.4, -0.2) is 153 Å². The highest BCUT2D eigenvalue weighted by Gasteiger charge is 2.61. The van der Waals surface area contributed by atoms with Crippen LogP contribution in [0, 0.1) is 17.5 Å². The summed E-state index contributed by atoms with van der Waals surface area (Å²) < 4.78 is 143. The number of rotatable bonds is 17. The van der Waals surface area contributed by atoms with Gasteiger partial charge < -0.3 is 30.4 Å². The summed E-state index contributed by atoms with van der Waals surface area (Å²) in [6, 6.07) is 13.5. The topological polar surface area (TPSA) is 347 Å². The van der Waals surface area contributed by atoms with Crippen LogP contribution in [0.2, 0.25) is 0 Å². The fraction of sp³-hybridized carbons (Fsp3) is 0.543. The van der Waals surface area contributed by atoms with Gasteiger partial charge in [0, 0.05) is 42.4 Å². The van der Waals surface area contributed by atoms with E-state index in [-0.39, 0.29) is 94.6 Å². The average molecular weight is 1480 g/mol.